The summed E-state index contributed by atoms with van der Waals surface area (Å²) in [5.74, 6) is -0.220. The van der Waals surface area contributed by atoms with E-state index in [1.54, 1.807) is 12.1 Å². The van der Waals surface area contributed by atoms with E-state index in [9.17, 15) is 13.2 Å². The van der Waals surface area contributed by atoms with Crippen molar-refractivity contribution in [3.63, 3.8) is 0 Å². The highest BCUT2D eigenvalue weighted by Crippen LogP contribution is 2.22. The summed E-state index contributed by atoms with van der Waals surface area (Å²) in [7, 11) is -3.53. The van der Waals surface area contributed by atoms with Gasteiger partial charge >= 0.3 is 0 Å². The van der Waals surface area contributed by atoms with E-state index in [0.29, 0.717) is 12.1 Å². The molecule has 0 unspecified atom stereocenters. The Bertz CT molecular complexity index is 695. The highest BCUT2D eigenvalue weighted by Gasteiger charge is 2.28. The third kappa shape index (κ3) is 5.52. The van der Waals surface area contributed by atoms with Crippen LogP contribution < -0.4 is 10.0 Å². The van der Waals surface area contributed by atoms with E-state index < -0.39 is 10.0 Å². The third-order valence-corrected chi connectivity index (χ3v) is 6.21. The van der Waals surface area contributed by atoms with Gasteiger partial charge in [0.25, 0.3) is 5.91 Å². The lowest BCUT2D eigenvalue weighted by Crippen LogP contribution is -2.33. The fraction of sp³-hybridized carbons (Fsp3) is 0.611. The molecule has 2 N–H and O–H groups in total. The number of hydrogen-bond acceptors (Lipinski definition) is 4. The lowest BCUT2D eigenvalue weighted by atomic mass is 10.1. The van der Waals surface area contributed by atoms with E-state index in [1.807, 2.05) is 0 Å². The lowest BCUT2D eigenvalue weighted by Gasteiger charge is -2.26. The molecule has 2 fully saturated rings. The van der Waals surface area contributed by atoms with Crippen molar-refractivity contribution in [3.05, 3.63) is 29.8 Å². The molecule has 7 heteroatoms. The highest BCUT2D eigenvalue weighted by atomic mass is 32.2. The van der Waals surface area contributed by atoms with Gasteiger partial charge in [-0.25, -0.2) is 13.1 Å². The van der Waals surface area contributed by atoms with E-state index in [1.165, 1.54) is 31.4 Å². The molecule has 0 radical (unpaired) electrons. The molecule has 0 atom stereocenters. The maximum Gasteiger partial charge on any atom is 0.251 e. The summed E-state index contributed by atoms with van der Waals surface area (Å²) in [6, 6.07) is 6.29. The zero-order chi connectivity index (χ0) is 17.7. The number of nitrogens with zero attached hydrogens (tertiary/aromatic N) is 1. The molecule has 25 heavy (non-hydrogen) atoms. The Hall–Kier alpha value is -1.44. The van der Waals surface area contributed by atoms with Crippen LogP contribution in [-0.2, 0) is 10.0 Å². The Morgan fingerprint density at radius 2 is 1.92 bits per heavy atom. The van der Waals surface area contributed by atoms with Gasteiger partial charge in [0.1, 0.15) is 0 Å². The summed E-state index contributed by atoms with van der Waals surface area (Å²) in [6.45, 7) is 3.91. The first-order valence-electron chi connectivity index (χ1n) is 9.17. The van der Waals surface area contributed by atoms with Gasteiger partial charge in [0.2, 0.25) is 10.0 Å². The molecule has 138 valence electrons. The number of nitrogens with one attached hydrogen (secondary N) is 2. The van der Waals surface area contributed by atoms with Crippen LogP contribution in [0.5, 0.6) is 0 Å². The first-order chi connectivity index (χ1) is 12.0. The van der Waals surface area contributed by atoms with Gasteiger partial charge < -0.3 is 10.2 Å². The molecular weight excluding hydrogens is 338 g/mol. The predicted molar refractivity (Wildman–Crippen MR) is 97.0 cm³/mol. The van der Waals surface area contributed by atoms with E-state index in [4.69, 9.17) is 0 Å². The minimum atomic E-state index is -3.53. The van der Waals surface area contributed by atoms with Crippen molar-refractivity contribution >= 4 is 15.9 Å². The van der Waals surface area contributed by atoms with Crippen LogP contribution in [-0.4, -0.2) is 51.4 Å². The van der Waals surface area contributed by atoms with Gasteiger partial charge in [-0.15, -0.1) is 0 Å². The van der Waals surface area contributed by atoms with Crippen molar-refractivity contribution < 1.29 is 13.2 Å². The van der Waals surface area contributed by atoms with Crippen molar-refractivity contribution in [3.8, 4) is 0 Å². The maximum atomic E-state index is 12.3. The highest BCUT2D eigenvalue weighted by molar-refractivity contribution is 7.89. The monoisotopic (exact) mass is 365 g/mol. The third-order valence-electron chi connectivity index (χ3n) is 4.69. The van der Waals surface area contributed by atoms with Crippen LogP contribution in [0.3, 0.4) is 0 Å². The number of benzene rings is 1. The van der Waals surface area contributed by atoms with Gasteiger partial charge in [0.05, 0.1) is 4.90 Å². The van der Waals surface area contributed by atoms with Crippen molar-refractivity contribution in [2.24, 2.45) is 0 Å². The number of hydrogen-bond donors (Lipinski definition) is 2. The van der Waals surface area contributed by atoms with Crippen molar-refractivity contribution in [2.75, 3.05) is 26.2 Å². The van der Waals surface area contributed by atoms with E-state index >= 15 is 0 Å². The molecule has 1 aromatic carbocycles. The number of sulfonamides is 1. The summed E-state index contributed by atoms with van der Waals surface area (Å²) in [5.41, 5.74) is 0.386. The van der Waals surface area contributed by atoms with Gasteiger partial charge in [0.15, 0.2) is 0 Å². The van der Waals surface area contributed by atoms with E-state index in [2.05, 4.69) is 14.9 Å². The molecule has 0 spiro atoms. The molecule has 6 nitrogen and oxygen atoms in total. The van der Waals surface area contributed by atoms with Gasteiger partial charge in [-0.05, 0) is 69.9 Å². The average Bonchev–Trinajstić information content (AvgIpc) is 3.43. The number of carbonyl (C=O) groups excluding carboxylic acids is 1. The van der Waals surface area contributed by atoms with Crippen molar-refractivity contribution in [1.29, 1.82) is 0 Å². The Morgan fingerprint density at radius 1 is 1.16 bits per heavy atom. The molecule has 0 aromatic heterocycles. The SMILES string of the molecule is O=C(NCCCN1CCCCC1)c1cccc(S(=O)(=O)NC2CC2)c1. The second-order valence-electron chi connectivity index (χ2n) is 6.94. The number of carbonyl (C=O) groups is 1. The molecule has 1 saturated carbocycles. The Morgan fingerprint density at radius 3 is 2.64 bits per heavy atom. The van der Waals surface area contributed by atoms with Crippen LogP contribution in [0.2, 0.25) is 0 Å². The van der Waals surface area contributed by atoms with Crippen LogP contribution >= 0.6 is 0 Å². The average molecular weight is 365 g/mol. The summed E-state index contributed by atoms with van der Waals surface area (Å²) in [4.78, 5) is 14.9. The number of piperidine rings is 1. The first kappa shape index (κ1) is 18.4. The summed E-state index contributed by atoms with van der Waals surface area (Å²) in [5, 5.41) is 2.89. The Balaban J connectivity index is 1.49. The van der Waals surface area contributed by atoms with Crippen LogP contribution in [0.1, 0.15) is 48.9 Å². The molecule has 1 aromatic rings. The molecule has 1 saturated heterocycles. The predicted octanol–water partition coefficient (Wildman–Crippen LogP) is 1.73. The van der Waals surface area contributed by atoms with Gasteiger partial charge in [-0.2, -0.15) is 0 Å². The number of likely N-dealkylation sites (tertiary alicyclic amines) is 1. The topological polar surface area (TPSA) is 78.5 Å². The van der Waals surface area contributed by atoms with Crippen molar-refractivity contribution in [1.82, 2.24) is 14.9 Å². The van der Waals surface area contributed by atoms with Crippen molar-refractivity contribution in [2.45, 2.75) is 49.5 Å². The van der Waals surface area contributed by atoms with Gasteiger partial charge in [0, 0.05) is 18.2 Å². The summed E-state index contributed by atoms with van der Waals surface area (Å²) in [6.07, 6.45) is 6.53. The standard InChI is InChI=1S/C18H27N3O3S/c22-18(19-10-5-13-21-11-2-1-3-12-21)15-6-4-7-17(14-15)25(23,24)20-16-8-9-16/h4,6-7,14,16,20H,1-3,5,8-13H2,(H,19,22). The van der Waals surface area contributed by atoms with Crippen LogP contribution in [0, 0.1) is 0 Å². The van der Waals surface area contributed by atoms with E-state index in [-0.39, 0.29) is 16.8 Å². The van der Waals surface area contributed by atoms with Crippen LogP contribution in [0.25, 0.3) is 0 Å². The summed E-state index contributed by atoms with van der Waals surface area (Å²) >= 11 is 0. The van der Waals surface area contributed by atoms with Crippen LogP contribution in [0.15, 0.2) is 29.2 Å². The molecule has 2 aliphatic rings. The zero-order valence-corrected chi connectivity index (χ0v) is 15.4. The maximum absolute atomic E-state index is 12.3. The largest absolute Gasteiger partial charge is 0.352 e. The number of rotatable bonds is 8. The molecule has 1 amide bonds. The second kappa shape index (κ2) is 8.29. The fourth-order valence-corrected chi connectivity index (χ4v) is 4.43. The zero-order valence-electron chi connectivity index (χ0n) is 14.5. The van der Waals surface area contributed by atoms with Gasteiger partial charge in [-0.1, -0.05) is 12.5 Å². The first-order valence-corrected chi connectivity index (χ1v) is 10.7. The van der Waals surface area contributed by atoms with Crippen LogP contribution in [0.4, 0.5) is 0 Å². The smallest absolute Gasteiger partial charge is 0.251 e. The number of amides is 1. The lowest BCUT2D eigenvalue weighted by molar-refractivity contribution is 0.0951. The molecule has 3 rings (SSSR count). The normalized spacial score (nSPS) is 18.9. The fourth-order valence-electron chi connectivity index (χ4n) is 3.08. The molecule has 1 aliphatic heterocycles. The minimum absolute atomic E-state index is 0.0530. The molecule has 1 heterocycles. The summed E-state index contributed by atoms with van der Waals surface area (Å²) < 4.78 is 27.1. The Labute approximate surface area is 150 Å². The molecular formula is C18H27N3O3S. The quantitative estimate of drug-likeness (QED) is 0.688. The Kier molecular flexibility index (Phi) is 6.09. The molecule has 1 aliphatic carbocycles. The minimum Gasteiger partial charge on any atom is -0.352 e. The second-order valence-corrected chi connectivity index (χ2v) is 8.65. The molecule has 0 bridgehead atoms. The van der Waals surface area contributed by atoms with E-state index in [0.717, 1.165) is 38.9 Å². The van der Waals surface area contributed by atoms with Gasteiger partial charge in [-0.3, -0.25) is 4.79 Å².